The highest BCUT2D eigenvalue weighted by molar-refractivity contribution is 7.92. The molecule has 2 amide bonds. The second-order valence-electron chi connectivity index (χ2n) is 9.12. The number of hydrogen-bond acceptors (Lipinski definition) is 4. The highest BCUT2D eigenvalue weighted by Crippen LogP contribution is 2.23. The Kier molecular flexibility index (Phi) is 9.82. The Morgan fingerprint density at radius 3 is 2.11 bits per heavy atom. The maximum Gasteiger partial charge on any atom is 0.244 e. The Hall–Kier alpha value is -2.94. The van der Waals surface area contributed by atoms with Gasteiger partial charge in [-0.2, -0.15) is 0 Å². The number of nitrogens with zero attached hydrogens (tertiary/aromatic N) is 2. The van der Waals surface area contributed by atoms with Gasteiger partial charge in [-0.05, 0) is 49.9 Å². The molecule has 0 radical (unpaired) electrons. The number of nitrogens with one attached hydrogen (secondary N) is 1. The first-order valence-corrected chi connectivity index (χ1v) is 13.6. The number of sulfonamides is 1. The van der Waals surface area contributed by atoms with Crippen molar-refractivity contribution in [3.05, 3.63) is 65.5 Å². The fourth-order valence-electron chi connectivity index (χ4n) is 3.50. The van der Waals surface area contributed by atoms with Gasteiger partial charge in [0.2, 0.25) is 21.8 Å². The Morgan fingerprint density at radius 1 is 1.00 bits per heavy atom. The lowest BCUT2D eigenvalue weighted by Crippen LogP contribution is -2.52. The minimum Gasteiger partial charge on any atom is -0.352 e. The van der Waals surface area contributed by atoms with Crippen LogP contribution >= 0.6 is 0 Å². The molecule has 2 atom stereocenters. The summed E-state index contributed by atoms with van der Waals surface area (Å²) in [6, 6.07) is 11.9. The van der Waals surface area contributed by atoms with E-state index in [9.17, 15) is 22.4 Å². The van der Waals surface area contributed by atoms with Gasteiger partial charge in [0, 0.05) is 18.2 Å². The van der Waals surface area contributed by atoms with E-state index in [1.165, 1.54) is 23.1 Å². The van der Waals surface area contributed by atoms with Crippen LogP contribution in [-0.4, -0.2) is 50.0 Å². The summed E-state index contributed by atoms with van der Waals surface area (Å²) < 4.78 is 40.7. The van der Waals surface area contributed by atoms with Crippen LogP contribution in [0, 0.1) is 5.82 Å². The van der Waals surface area contributed by atoms with Gasteiger partial charge in [-0.25, -0.2) is 12.8 Å². The Labute approximate surface area is 208 Å². The fraction of sp³-hybridized carbons (Fsp3) is 0.462. The minimum atomic E-state index is -3.82. The number of carbonyl (C=O) groups excluding carboxylic acids is 2. The van der Waals surface area contributed by atoms with Crippen molar-refractivity contribution in [2.75, 3.05) is 17.1 Å². The van der Waals surface area contributed by atoms with Crippen molar-refractivity contribution in [1.29, 1.82) is 0 Å². The Morgan fingerprint density at radius 2 is 1.60 bits per heavy atom. The standard InChI is InChI=1S/C26H36FN3O4S/c1-7-19(4)28-26(32)20(5)29(16-22-10-8-9-11-24(22)27)25(31)17-30(35(6,33)34)23-14-12-21(13-15-23)18(2)3/h8-15,18-20H,7,16-17H2,1-6H3,(H,28,32)/t19-,20-/m0/s1. The highest BCUT2D eigenvalue weighted by Gasteiger charge is 2.31. The minimum absolute atomic E-state index is 0.109. The summed E-state index contributed by atoms with van der Waals surface area (Å²) >= 11 is 0. The zero-order chi connectivity index (χ0) is 26.3. The first-order chi connectivity index (χ1) is 16.3. The number of rotatable bonds is 11. The van der Waals surface area contributed by atoms with Crippen molar-refractivity contribution in [3.63, 3.8) is 0 Å². The predicted molar refractivity (Wildman–Crippen MR) is 137 cm³/mol. The molecule has 192 valence electrons. The molecule has 0 saturated heterocycles. The van der Waals surface area contributed by atoms with Gasteiger partial charge in [0.05, 0.1) is 11.9 Å². The molecule has 0 spiro atoms. The number of benzene rings is 2. The van der Waals surface area contributed by atoms with Gasteiger partial charge in [-0.15, -0.1) is 0 Å². The van der Waals surface area contributed by atoms with Crippen LogP contribution in [0.4, 0.5) is 10.1 Å². The summed E-state index contributed by atoms with van der Waals surface area (Å²) in [5.74, 6) is -1.25. The maximum absolute atomic E-state index is 14.4. The van der Waals surface area contributed by atoms with Gasteiger partial charge in [0.1, 0.15) is 18.4 Å². The molecule has 0 bridgehead atoms. The summed E-state index contributed by atoms with van der Waals surface area (Å²) in [5.41, 5.74) is 1.61. The van der Waals surface area contributed by atoms with E-state index in [-0.39, 0.29) is 24.1 Å². The van der Waals surface area contributed by atoms with Crippen molar-refractivity contribution in [3.8, 4) is 0 Å². The van der Waals surface area contributed by atoms with E-state index in [1.807, 2.05) is 39.8 Å². The topological polar surface area (TPSA) is 86.8 Å². The molecule has 0 aliphatic heterocycles. The first-order valence-electron chi connectivity index (χ1n) is 11.8. The first kappa shape index (κ1) is 28.3. The highest BCUT2D eigenvalue weighted by atomic mass is 32.2. The van der Waals surface area contributed by atoms with Crippen molar-refractivity contribution in [2.45, 2.75) is 65.6 Å². The maximum atomic E-state index is 14.4. The van der Waals surface area contributed by atoms with Crippen molar-refractivity contribution in [1.82, 2.24) is 10.2 Å². The monoisotopic (exact) mass is 505 g/mol. The number of hydrogen-bond donors (Lipinski definition) is 1. The molecule has 0 heterocycles. The molecular weight excluding hydrogens is 469 g/mol. The lowest BCUT2D eigenvalue weighted by atomic mass is 10.0. The molecule has 0 aliphatic carbocycles. The number of halogens is 1. The molecule has 1 N–H and O–H groups in total. The van der Waals surface area contributed by atoms with E-state index in [1.54, 1.807) is 25.1 Å². The fourth-order valence-corrected chi connectivity index (χ4v) is 4.35. The van der Waals surface area contributed by atoms with E-state index in [4.69, 9.17) is 0 Å². The Balaban J connectivity index is 2.40. The van der Waals surface area contributed by atoms with Crippen LogP contribution in [0.1, 0.15) is 58.1 Å². The third-order valence-electron chi connectivity index (χ3n) is 5.99. The van der Waals surface area contributed by atoms with Crippen molar-refractivity contribution < 1.29 is 22.4 Å². The molecule has 7 nitrogen and oxygen atoms in total. The summed E-state index contributed by atoms with van der Waals surface area (Å²) in [7, 11) is -3.82. The number of anilines is 1. The van der Waals surface area contributed by atoms with Crippen LogP contribution in [-0.2, 0) is 26.2 Å². The largest absolute Gasteiger partial charge is 0.352 e. The number of amides is 2. The summed E-state index contributed by atoms with van der Waals surface area (Å²) in [4.78, 5) is 27.6. The zero-order valence-electron chi connectivity index (χ0n) is 21.3. The van der Waals surface area contributed by atoms with Gasteiger partial charge in [-0.1, -0.05) is 51.1 Å². The molecule has 2 rings (SSSR count). The second-order valence-corrected chi connectivity index (χ2v) is 11.0. The summed E-state index contributed by atoms with van der Waals surface area (Å²) in [6.45, 7) is 8.68. The molecule has 0 fully saturated rings. The van der Waals surface area contributed by atoms with Crippen LogP contribution in [0.5, 0.6) is 0 Å². The van der Waals surface area contributed by atoms with Crippen molar-refractivity contribution in [2.24, 2.45) is 0 Å². The van der Waals surface area contributed by atoms with Crippen LogP contribution in [0.15, 0.2) is 48.5 Å². The van der Waals surface area contributed by atoms with Gasteiger partial charge < -0.3 is 10.2 Å². The zero-order valence-corrected chi connectivity index (χ0v) is 22.1. The van der Waals surface area contributed by atoms with E-state index in [0.717, 1.165) is 16.1 Å². The molecule has 0 unspecified atom stereocenters. The van der Waals surface area contributed by atoms with E-state index in [0.29, 0.717) is 12.1 Å². The molecule has 2 aromatic rings. The van der Waals surface area contributed by atoms with Crippen LogP contribution in [0.25, 0.3) is 0 Å². The Bertz CT molecular complexity index is 1120. The summed E-state index contributed by atoms with van der Waals surface area (Å²) in [5, 5.41) is 2.84. The third kappa shape index (κ3) is 7.78. The molecule has 0 saturated carbocycles. The van der Waals surface area contributed by atoms with Crippen LogP contribution in [0.3, 0.4) is 0 Å². The number of carbonyl (C=O) groups is 2. The molecule has 9 heteroatoms. The van der Waals surface area contributed by atoms with Gasteiger partial charge >= 0.3 is 0 Å². The SMILES string of the molecule is CC[C@H](C)NC(=O)[C@H](C)N(Cc1ccccc1F)C(=O)CN(c1ccc(C(C)C)cc1)S(C)(=O)=O. The van der Waals surface area contributed by atoms with E-state index < -0.39 is 40.2 Å². The van der Waals surface area contributed by atoms with Crippen LogP contribution < -0.4 is 9.62 Å². The average molecular weight is 506 g/mol. The average Bonchev–Trinajstić information content (AvgIpc) is 2.80. The smallest absolute Gasteiger partial charge is 0.244 e. The van der Waals surface area contributed by atoms with Crippen molar-refractivity contribution >= 4 is 27.5 Å². The van der Waals surface area contributed by atoms with Gasteiger partial charge in [0.25, 0.3) is 0 Å². The molecule has 35 heavy (non-hydrogen) atoms. The quantitative estimate of drug-likeness (QED) is 0.499. The van der Waals surface area contributed by atoms with Gasteiger partial charge in [0.15, 0.2) is 0 Å². The molecule has 0 aliphatic rings. The predicted octanol–water partition coefficient (Wildman–Crippen LogP) is 4.05. The van der Waals surface area contributed by atoms with Gasteiger partial charge in [-0.3, -0.25) is 13.9 Å². The van der Waals surface area contributed by atoms with Crippen LogP contribution in [0.2, 0.25) is 0 Å². The lowest BCUT2D eigenvalue weighted by molar-refractivity contribution is -0.139. The third-order valence-corrected chi connectivity index (χ3v) is 7.13. The lowest BCUT2D eigenvalue weighted by Gasteiger charge is -2.32. The second kappa shape index (κ2) is 12.2. The van der Waals surface area contributed by atoms with E-state index in [2.05, 4.69) is 5.32 Å². The molecule has 0 aromatic heterocycles. The normalized spacial score (nSPS) is 13.3. The molecular formula is C26H36FN3O4S. The summed E-state index contributed by atoms with van der Waals surface area (Å²) in [6.07, 6.45) is 1.73. The van der Waals surface area contributed by atoms with E-state index >= 15 is 0 Å². The molecule has 2 aromatic carbocycles.